The normalized spacial score (nSPS) is 17.2. The Bertz CT molecular complexity index is 266. The molecule has 1 heterocycles. The Morgan fingerprint density at radius 1 is 1.46 bits per heavy atom. The molecule has 0 aromatic carbocycles. The van der Waals surface area contributed by atoms with Crippen molar-refractivity contribution in [3.05, 3.63) is 11.3 Å². The fraction of sp³-hybridized carbons (Fsp3) is 0.600. The van der Waals surface area contributed by atoms with Gasteiger partial charge in [0.05, 0.1) is 0 Å². The SMILES string of the molecule is CCCC(=O)C1=C(C)NC(=O)CC1. The van der Waals surface area contributed by atoms with Crippen molar-refractivity contribution in [2.75, 3.05) is 0 Å². The first-order chi connectivity index (χ1) is 6.15. The number of Topliss-reactive ketones (excluding diaryl/α,β-unsaturated/α-hetero) is 1. The quantitative estimate of drug-likeness (QED) is 0.717. The maximum Gasteiger partial charge on any atom is 0.224 e. The van der Waals surface area contributed by atoms with Crippen molar-refractivity contribution in [1.29, 1.82) is 0 Å². The van der Waals surface area contributed by atoms with Crippen molar-refractivity contribution in [2.45, 2.75) is 39.5 Å². The third-order valence-electron chi connectivity index (χ3n) is 2.20. The highest BCUT2D eigenvalue weighted by Gasteiger charge is 2.19. The highest BCUT2D eigenvalue weighted by atomic mass is 16.2. The lowest BCUT2D eigenvalue weighted by molar-refractivity contribution is -0.121. The van der Waals surface area contributed by atoms with Gasteiger partial charge in [0.25, 0.3) is 0 Å². The molecule has 1 aliphatic rings. The van der Waals surface area contributed by atoms with Gasteiger partial charge >= 0.3 is 0 Å². The number of ketones is 1. The zero-order valence-corrected chi connectivity index (χ0v) is 8.14. The Balaban J connectivity index is 2.73. The maximum atomic E-state index is 11.5. The molecule has 1 rings (SSSR count). The van der Waals surface area contributed by atoms with Crippen LogP contribution in [0.25, 0.3) is 0 Å². The van der Waals surface area contributed by atoms with Crippen LogP contribution in [0.1, 0.15) is 39.5 Å². The van der Waals surface area contributed by atoms with Crippen molar-refractivity contribution < 1.29 is 9.59 Å². The minimum absolute atomic E-state index is 0.0190. The van der Waals surface area contributed by atoms with Crippen LogP contribution in [0.3, 0.4) is 0 Å². The van der Waals surface area contributed by atoms with Gasteiger partial charge in [0.1, 0.15) is 0 Å². The Morgan fingerprint density at radius 3 is 2.69 bits per heavy atom. The van der Waals surface area contributed by atoms with Crippen molar-refractivity contribution in [3.63, 3.8) is 0 Å². The predicted molar refractivity (Wildman–Crippen MR) is 50.0 cm³/mol. The van der Waals surface area contributed by atoms with Crippen LogP contribution in [-0.2, 0) is 9.59 Å². The van der Waals surface area contributed by atoms with E-state index in [0.717, 1.165) is 17.7 Å². The zero-order chi connectivity index (χ0) is 9.84. The van der Waals surface area contributed by atoms with Crippen molar-refractivity contribution in [2.24, 2.45) is 0 Å². The van der Waals surface area contributed by atoms with Gasteiger partial charge in [-0.25, -0.2) is 0 Å². The van der Waals surface area contributed by atoms with Gasteiger partial charge in [-0.05, 0) is 19.8 Å². The van der Waals surface area contributed by atoms with E-state index in [1.807, 2.05) is 6.92 Å². The largest absolute Gasteiger partial charge is 0.330 e. The molecule has 1 amide bonds. The smallest absolute Gasteiger partial charge is 0.224 e. The molecule has 13 heavy (non-hydrogen) atoms. The van der Waals surface area contributed by atoms with E-state index in [4.69, 9.17) is 0 Å². The topological polar surface area (TPSA) is 46.2 Å². The molecule has 0 fully saturated rings. The second-order valence-corrected chi connectivity index (χ2v) is 3.32. The summed E-state index contributed by atoms with van der Waals surface area (Å²) in [6, 6.07) is 0. The van der Waals surface area contributed by atoms with Crippen LogP contribution >= 0.6 is 0 Å². The van der Waals surface area contributed by atoms with Crippen LogP contribution in [0.5, 0.6) is 0 Å². The standard InChI is InChI=1S/C10H15NO2/c1-3-4-9(12)8-5-6-10(13)11-7(8)2/h3-6H2,1-2H3,(H,11,13). The predicted octanol–water partition coefficient (Wildman–Crippen LogP) is 1.54. The number of carbonyl (C=O) groups excluding carboxylic acids is 2. The second-order valence-electron chi connectivity index (χ2n) is 3.32. The van der Waals surface area contributed by atoms with Gasteiger partial charge in [0, 0.05) is 24.1 Å². The summed E-state index contributed by atoms with van der Waals surface area (Å²) < 4.78 is 0. The second kappa shape index (κ2) is 4.21. The molecule has 0 aromatic heterocycles. The molecule has 0 aromatic rings. The molecule has 0 saturated carbocycles. The van der Waals surface area contributed by atoms with Crippen molar-refractivity contribution in [3.8, 4) is 0 Å². The molecule has 0 saturated heterocycles. The number of hydrogen-bond donors (Lipinski definition) is 1. The fourth-order valence-corrected chi connectivity index (χ4v) is 1.50. The molecular weight excluding hydrogens is 166 g/mol. The Labute approximate surface area is 78.2 Å². The molecule has 0 atom stereocenters. The van der Waals surface area contributed by atoms with Crippen molar-refractivity contribution in [1.82, 2.24) is 5.32 Å². The van der Waals surface area contributed by atoms with E-state index in [1.54, 1.807) is 6.92 Å². The van der Waals surface area contributed by atoms with E-state index in [9.17, 15) is 9.59 Å². The number of allylic oxidation sites excluding steroid dienone is 2. The minimum Gasteiger partial charge on any atom is -0.330 e. The molecule has 3 heteroatoms. The van der Waals surface area contributed by atoms with E-state index in [-0.39, 0.29) is 11.7 Å². The Hall–Kier alpha value is -1.12. The third-order valence-corrected chi connectivity index (χ3v) is 2.20. The van der Waals surface area contributed by atoms with Gasteiger partial charge in [0.2, 0.25) is 5.91 Å². The summed E-state index contributed by atoms with van der Waals surface area (Å²) >= 11 is 0. The number of rotatable bonds is 3. The van der Waals surface area contributed by atoms with Crippen LogP contribution in [0.2, 0.25) is 0 Å². The number of hydrogen-bond acceptors (Lipinski definition) is 2. The maximum absolute atomic E-state index is 11.5. The summed E-state index contributed by atoms with van der Waals surface area (Å²) in [4.78, 5) is 22.4. The van der Waals surface area contributed by atoms with Crippen LogP contribution in [0.15, 0.2) is 11.3 Å². The third kappa shape index (κ3) is 2.41. The lowest BCUT2D eigenvalue weighted by Crippen LogP contribution is -2.28. The molecule has 0 unspecified atom stereocenters. The van der Waals surface area contributed by atoms with Gasteiger partial charge in [0.15, 0.2) is 5.78 Å². The van der Waals surface area contributed by atoms with E-state index in [0.29, 0.717) is 19.3 Å². The highest BCUT2D eigenvalue weighted by molar-refractivity contribution is 5.98. The molecule has 0 aliphatic carbocycles. The minimum atomic E-state index is 0.0190. The van der Waals surface area contributed by atoms with Gasteiger partial charge in [-0.15, -0.1) is 0 Å². The number of carbonyl (C=O) groups is 2. The van der Waals surface area contributed by atoms with E-state index >= 15 is 0 Å². The molecule has 72 valence electrons. The fourth-order valence-electron chi connectivity index (χ4n) is 1.50. The van der Waals surface area contributed by atoms with Crippen LogP contribution in [-0.4, -0.2) is 11.7 Å². The van der Waals surface area contributed by atoms with Gasteiger partial charge in [-0.1, -0.05) is 6.92 Å². The monoisotopic (exact) mass is 181 g/mol. The van der Waals surface area contributed by atoms with E-state index < -0.39 is 0 Å². The van der Waals surface area contributed by atoms with Gasteiger partial charge in [-0.3, -0.25) is 9.59 Å². The summed E-state index contributed by atoms with van der Waals surface area (Å²) in [5, 5.41) is 2.69. The average Bonchev–Trinajstić information content (AvgIpc) is 2.04. The first kappa shape index (κ1) is 9.96. The molecule has 0 bridgehead atoms. The zero-order valence-electron chi connectivity index (χ0n) is 8.14. The van der Waals surface area contributed by atoms with E-state index in [1.165, 1.54) is 0 Å². The number of nitrogens with one attached hydrogen (secondary N) is 1. The first-order valence-corrected chi connectivity index (χ1v) is 4.68. The highest BCUT2D eigenvalue weighted by Crippen LogP contribution is 2.17. The molecule has 1 N–H and O–H groups in total. The molecular formula is C10H15NO2. The van der Waals surface area contributed by atoms with E-state index in [2.05, 4.69) is 5.32 Å². The van der Waals surface area contributed by atoms with Crippen LogP contribution < -0.4 is 5.32 Å². The summed E-state index contributed by atoms with van der Waals surface area (Å²) in [5.41, 5.74) is 1.55. The van der Waals surface area contributed by atoms with Gasteiger partial charge < -0.3 is 5.32 Å². The molecule has 1 aliphatic heterocycles. The van der Waals surface area contributed by atoms with Gasteiger partial charge in [-0.2, -0.15) is 0 Å². The molecule has 3 nitrogen and oxygen atoms in total. The number of amides is 1. The average molecular weight is 181 g/mol. The van der Waals surface area contributed by atoms with Crippen LogP contribution in [0.4, 0.5) is 0 Å². The summed E-state index contributed by atoms with van der Waals surface area (Å²) in [7, 11) is 0. The molecule has 0 spiro atoms. The first-order valence-electron chi connectivity index (χ1n) is 4.68. The summed E-state index contributed by atoms with van der Waals surface area (Å²) in [6.07, 6.45) is 2.50. The molecule has 0 radical (unpaired) electrons. The van der Waals surface area contributed by atoms with Crippen molar-refractivity contribution >= 4 is 11.7 Å². The summed E-state index contributed by atoms with van der Waals surface area (Å²) in [5.74, 6) is 0.200. The lowest BCUT2D eigenvalue weighted by Gasteiger charge is -2.17. The Morgan fingerprint density at radius 2 is 2.15 bits per heavy atom. The summed E-state index contributed by atoms with van der Waals surface area (Å²) in [6.45, 7) is 3.77. The lowest BCUT2D eigenvalue weighted by atomic mass is 9.97. The Kier molecular flexibility index (Phi) is 3.23. The van der Waals surface area contributed by atoms with Crippen LogP contribution in [0, 0.1) is 0 Å².